The van der Waals surface area contributed by atoms with Crippen LogP contribution in [0.15, 0.2) is 24.3 Å². The van der Waals surface area contributed by atoms with Crippen LogP contribution in [0.3, 0.4) is 0 Å². The van der Waals surface area contributed by atoms with Gasteiger partial charge in [-0.25, -0.2) is 9.37 Å². The maximum absolute atomic E-state index is 13.1. The molecule has 1 fully saturated rings. The number of aromatic nitrogens is 2. The van der Waals surface area contributed by atoms with Crippen molar-refractivity contribution in [3.63, 3.8) is 0 Å². The Morgan fingerprint density at radius 2 is 1.89 bits per heavy atom. The molecular formula is C17H17Cl3FN5O. The molecule has 1 amide bonds. The highest BCUT2D eigenvalue weighted by molar-refractivity contribution is 6.31. The molecule has 3 rings (SSSR count). The van der Waals surface area contributed by atoms with Gasteiger partial charge in [0.05, 0.1) is 0 Å². The number of halogens is 4. The molecule has 2 aromatic rings. The third kappa shape index (κ3) is 5.12. The van der Waals surface area contributed by atoms with Crippen molar-refractivity contribution < 1.29 is 9.18 Å². The zero-order valence-electron chi connectivity index (χ0n) is 14.3. The fourth-order valence-corrected chi connectivity index (χ4v) is 3.34. The number of nitrogens with zero attached hydrogens (tertiary/aromatic N) is 4. The number of hydrogen-bond donors (Lipinski definition) is 1. The van der Waals surface area contributed by atoms with E-state index in [-0.39, 0.29) is 11.8 Å². The Morgan fingerprint density at radius 3 is 2.56 bits per heavy atom. The van der Waals surface area contributed by atoms with Crippen LogP contribution >= 0.6 is 34.8 Å². The number of alkyl halides is 1. The normalized spacial score (nSPS) is 14.4. The van der Waals surface area contributed by atoms with Gasteiger partial charge >= 0.3 is 0 Å². The number of carbonyl (C=O) groups excluding carboxylic acids is 1. The van der Waals surface area contributed by atoms with Gasteiger partial charge in [-0.15, -0.1) is 11.6 Å². The second-order valence-electron chi connectivity index (χ2n) is 5.96. The molecule has 1 aromatic carbocycles. The van der Waals surface area contributed by atoms with Gasteiger partial charge in [-0.3, -0.25) is 4.79 Å². The van der Waals surface area contributed by atoms with Gasteiger partial charge in [0.25, 0.3) is 0 Å². The maximum atomic E-state index is 13.1. The fourth-order valence-electron chi connectivity index (χ4n) is 2.76. The predicted octanol–water partition coefficient (Wildman–Crippen LogP) is 3.42. The van der Waals surface area contributed by atoms with Crippen LogP contribution in [0.5, 0.6) is 0 Å². The number of amides is 1. The molecule has 0 atom stereocenters. The van der Waals surface area contributed by atoms with Crippen molar-refractivity contribution in [2.75, 3.05) is 42.3 Å². The van der Waals surface area contributed by atoms with Crippen LogP contribution in [0.25, 0.3) is 0 Å². The number of benzene rings is 1. The van der Waals surface area contributed by atoms with Crippen molar-refractivity contribution in [2.45, 2.75) is 6.54 Å². The lowest BCUT2D eigenvalue weighted by Crippen LogP contribution is -2.49. The lowest BCUT2D eigenvalue weighted by molar-refractivity contribution is -0.128. The summed E-state index contributed by atoms with van der Waals surface area (Å²) in [6.07, 6.45) is 0. The van der Waals surface area contributed by atoms with Crippen LogP contribution in [-0.4, -0.2) is 52.8 Å². The van der Waals surface area contributed by atoms with Crippen LogP contribution in [-0.2, 0) is 11.3 Å². The molecule has 1 aliphatic heterocycles. The number of piperazine rings is 1. The van der Waals surface area contributed by atoms with Gasteiger partial charge in [0.15, 0.2) is 0 Å². The number of carbonyl (C=O) groups is 1. The highest BCUT2D eigenvalue weighted by Gasteiger charge is 2.22. The Labute approximate surface area is 171 Å². The number of rotatable bonds is 5. The fraction of sp³-hybridized carbons (Fsp3) is 0.353. The minimum Gasteiger partial charge on any atom is -0.353 e. The summed E-state index contributed by atoms with van der Waals surface area (Å²) in [7, 11) is 0. The van der Waals surface area contributed by atoms with E-state index in [2.05, 4.69) is 15.3 Å². The minimum atomic E-state index is -0.392. The quantitative estimate of drug-likeness (QED) is 0.579. The molecule has 0 saturated carbocycles. The molecule has 0 unspecified atom stereocenters. The largest absolute Gasteiger partial charge is 0.353 e. The lowest BCUT2D eigenvalue weighted by atomic mass is 10.2. The number of hydrogen-bond acceptors (Lipinski definition) is 5. The van der Waals surface area contributed by atoms with Gasteiger partial charge in [0.1, 0.15) is 22.7 Å². The summed E-state index contributed by atoms with van der Waals surface area (Å²) >= 11 is 17.8. The lowest BCUT2D eigenvalue weighted by Gasteiger charge is -2.35. The monoisotopic (exact) mass is 431 g/mol. The smallest absolute Gasteiger partial charge is 0.237 e. The van der Waals surface area contributed by atoms with E-state index in [0.717, 1.165) is 5.56 Å². The molecule has 27 heavy (non-hydrogen) atoms. The SMILES string of the molecule is O=C(CCl)N1CCN(c2cc(Cl)nc(NCc3ccc(F)cc3Cl)n2)CC1. The van der Waals surface area contributed by atoms with E-state index in [1.807, 2.05) is 4.90 Å². The van der Waals surface area contributed by atoms with Gasteiger partial charge in [0, 0.05) is 43.8 Å². The first-order valence-corrected chi connectivity index (χ1v) is 9.56. The minimum absolute atomic E-state index is 0.0145. The van der Waals surface area contributed by atoms with E-state index < -0.39 is 5.82 Å². The molecule has 0 spiro atoms. The zero-order chi connectivity index (χ0) is 19.4. The van der Waals surface area contributed by atoms with Gasteiger partial charge in [0.2, 0.25) is 11.9 Å². The highest BCUT2D eigenvalue weighted by atomic mass is 35.5. The van der Waals surface area contributed by atoms with E-state index >= 15 is 0 Å². The maximum Gasteiger partial charge on any atom is 0.237 e. The zero-order valence-corrected chi connectivity index (χ0v) is 16.5. The molecule has 1 saturated heterocycles. The molecular weight excluding hydrogens is 416 g/mol. The molecule has 0 aliphatic carbocycles. The molecule has 0 bridgehead atoms. The predicted molar refractivity (Wildman–Crippen MR) is 105 cm³/mol. The first-order chi connectivity index (χ1) is 13.0. The van der Waals surface area contributed by atoms with Crippen molar-refractivity contribution in [3.8, 4) is 0 Å². The van der Waals surface area contributed by atoms with Crippen LogP contribution in [0.1, 0.15) is 5.56 Å². The van der Waals surface area contributed by atoms with Crippen LogP contribution in [0.2, 0.25) is 10.2 Å². The third-order valence-electron chi connectivity index (χ3n) is 4.20. The van der Waals surface area contributed by atoms with E-state index in [4.69, 9.17) is 34.8 Å². The first kappa shape index (κ1) is 19.9. The van der Waals surface area contributed by atoms with E-state index in [0.29, 0.717) is 54.7 Å². The summed E-state index contributed by atoms with van der Waals surface area (Å²) in [5.74, 6) is 0.532. The number of nitrogens with one attached hydrogen (secondary N) is 1. The van der Waals surface area contributed by atoms with Crippen molar-refractivity contribution in [1.29, 1.82) is 0 Å². The second kappa shape index (κ2) is 8.91. The van der Waals surface area contributed by atoms with Crippen molar-refractivity contribution >= 4 is 52.5 Å². The Kier molecular flexibility index (Phi) is 6.57. The van der Waals surface area contributed by atoms with Gasteiger partial charge in [-0.2, -0.15) is 4.98 Å². The average Bonchev–Trinajstić information content (AvgIpc) is 2.66. The first-order valence-electron chi connectivity index (χ1n) is 8.27. The topological polar surface area (TPSA) is 61.4 Å². The summed E-state index contributed by atoms with van der Waals surface area (Å²) < 4.78 is 13.1. The van der Waals surface area contributed by atoms with Crippen molar-refractivity contribution in [1.82, 2.24) is 14.9 Å². The summed E-state index contributed by atoms with van der Waals surface area (Å²) in [6.45, 7) is 2.72. The van der Waals surface area contributed by atoms with Gasteiger partial charge in [-0.05, 0) is 17.7 Å². The highest BCUT2D eigenvalue weighted by Crippen LogP contribution is 2.22. The molecule has 10 heteroatoms. The van der Waals surface area contributed by atoms with E-state index in [9.17, 15) is 9.18 Å². The van der Waals surface area contributed by atoms with Gasteiger partial charge < -0.3 is 15.1 Å². The molecule has 144 valence electrons. The Morgan fingerprint density at radius 1 is 1.15 bits per heavy atom. The number of anilines is 2. The molecule has 1 aliphatic rings. The Bertz CT molecular complexity index is 830. The standard InChI is InChI=1S/C17H17Cl3FN5O/c18-9-16(27)26-5-3-25(4-6-26)15-8-14(20)23-17(24-15)22-10-11-1-2-12(21)7-13(11)19/h1-2,7-8H,3-6,9-10H2,(H,22,23,24). The Balaban J connectivity index is 1.67. The molecule has 0 radical (unpaired) electrons. The molecule has 6 nitrogen and oxygen atoms in total. The molecule has 1 N–H and O–H groups in total. The summed E-state index contributed by atoms with van der Waals surface area (Å²) in [5, 5.41) is 3.68. The summed E-state index contributed by atoms with van der Waals surface area (Å²) in [4.78, 5) is 24.1. The van der Waals surface area contributed by atoms with Gasteiger partial charge in [-0.1, -0.05) is 29.3 Å². The third-order valence-corrected chi connectivity index (χ3v) is 4.98. The van der Waals surface area contributed by atoms with E-state index in [1.54, 1.807) is 17.0 Å². The summed E-state index contributed by atoms with van der Waals surface area (Å²) in [6, 6.07) is 5.87. The molecule has 1 aromatic heterocycles. The van der Waals surface area contributed by atoms with Crippen LogP contribution < -0.4 is 10.2 Å². The summed E-state index contributed by atoms with van der Waals surface area (Å²) in [5.41, 5.74) is 0.719. The van der Waals surface area contributed by atoms with Crippen molar-refractivity contribution in [3.05, 3.63) is 45.8 Å². The van der Waals surface area contributed by atoms with E-state index in [1.165, 1.54) is 12.1 Å². The molecule has 2 heterocycles. The average molecular weight is 433 g/mol. The van der Waals surface area contributed by atoms with Crippen molar-refractivity contribution in [2.24, 2.45) is 0 Å². The van der Waals surface area contributed by atoms with Crippen LogP contribution in [0.4, 0.5) is 16.2 Å². The Hall–Kier alpha value is -1.83. The second-order valence-corrected chi connectivity index (χ2v) is 7.02. The van der Waals surface area contributed by atoms with Crippen LogP contribution in [0, 0.1) is 5.82 Å².